The lowest BCUT2D eigenvalue weighted by Gasteiger charge is -2.08. The third kappa shape index (κ3) is 2.92. The highest BCUT2D eigenvalue weighted by atomic mass is 35.5. The van der Waals surface area contributed by atoms with Crippen molar-refractivity contribution >= 4 is 29.1 Å². The Bertz CT molecular complexity index is 610. The number of ether oxygens (including phenoxy) is 1. The molecule has 0 saturated heterocycles. The topological polar surface area (TPSA) is 65.5 Å². The maximum absolute atomic E-state index is 11.2. The van der Waals surface area contributed by atoms with Crippen LogP contribution in [0.15, 0.2) is 34.7 Å². The molecule has 0 saturated carbocycles. The Kier molecular flexibility index (Phi) is 4.14. The van der Waals surface area contributed by atoms with Crippen LogP contribution in [-0.4, -0.2) is 13.0 Å². The molecular weight excluding hydrogens is 289 g/mol. The van der Waals surface area contributed by atoms with Gasteiger partial charge in [-0.15, -0.1) is 0 Å². The predicted molar refractivity (Wildman–Crippen MR) is 73.1 cm³/mol. The smallest absolute Gasteiger partial charge is 0.254 e. The van der Waals surface area contributed by atoms with Gasteiger partial charge in [-0.1, -0.05) is 23.2 Å². The normalized spacial score (nSPS) is 12.4. The molecule has 0 aliphatic heterocycles. The molecule has 1 aromatic heterocycles. The van der Waals surface area contributed by atoms with Gasteiger partial charge in [-0.3, -0.25) is 4.79 Å². The van der Waals surface area contributed by atoms with E-state index in [1.54, 1.807) is 30.3 Å². The first-order valence-corrected chi connectivity index (χ1v) is 6.15. The van der Waals surface area contributed by atoms with Crippen LogP contribution in [-0.2, 0) is 9.53 Å². The van der Waals surface area contributed by atoms with Gasteiger partial charge >= 0.3 is 0 Å². The zero-order valence-electron chi connectivity index (χ0n) is 10.0. The van der Waals surface area contributed by atoms with Crippen molar-refractivity contribution in [2.45, 2.75) is 6.10 Å². The number of benzene rings is 1. The second kappa shape index (κ2) is 5.65. The molecule has 100 valence electrons. The summed E-state index contributed by atoms with van der Waals surface area (Å²) in [6.07, 6.45) is -0.917. The van der Waals surface area contributed by atoms with Crippen LogP contribution < -0.4 is 5.73 Å². The molecule has 0 bridgehead atoms. The second-order valence-electron chi connectivity index (χ2n) is 3.84. The Morgan fingerprint density at radius 3 is 2.63 bits per heavy atom. The molecule has 0 fully saturated rings. The third-order valence-corrected chi connectivity index (χ3v) is 3.12. The van der Waals surface area contributed by atoms with Crippen LogP contribution in [0.4, 0.5) is 0 Å². The van der Waals surface area contributed by atoms with Gasteiger partial charge in [-0.05, 0) is 30.3 Å². The van der Waals surface area contributed by atoms with E-state index in [1.807, 2.05) is 0 Å². The summed E-state index contributed by atoms with van der Waals surface area (Å²) in [6, 6.07) is 8.37. The number of furan rings is 1. The maximum atomic E-state index is 11.2. The van der Waals surface area contributed by atoms with Crippen molar-refractivity contribution < 1.29 is 13.9 Å². The van der Waals surface area contributed by atoms with E-state index in [4.69, 9.17) is 38.1 Å². The molecule has 2 aromatic rings. The summed E-state index contributed by atoms with van der Waals surface area (Å²) in [5.41, 5.74) is 5.89. The zero-order valence-corrected chi connectivity index (χ0v) is 11.5. The molecular formula is C13H11Cl2NO3. The van der Waals surface area contributed by atoms with Crippen molar-refractivity contribution in [3.8, 4) is 11.3 Å². The highest BCUT2D eigenvalue weighted by molar-refractivity contribution is 6.36. The molecule has 2 N–H and O–H groups in total. The highest BCUT2D eigenvalue weighted by Crippen LogP contribution is 2.33. The molecule has 2 rings (SSSR count). The highest BCUT2D eigenvalue weighted by Gasteiger charge is 2.21. The summed E-state index contributed by atoms with van der Waals surface area (Å²) in [5, 5.41) is 0.994. The number of rotatable bonds is 4. The van der Waals surface area contributed by atoms with Crippen molar-refractivity contribution in [3.05, 3.63) is 46.1 Å². The molecule has 19 heavy (non-hydrogen) atoms. The summed E-state index contributed by atoms with van der Waals surface area (Å²) in [4.78, 5) is 11.2. The fraction of sp³-hybridized carbons (Fsp3) is 0.154. The van der Waals surface area contributed by atoms with Gasteiger partial charge < -0.3 is 14.9 Å². The SMILES string of the molecule is COC(C(N)=O)c1ccc(-c2ccc(Cl)cc2Cl)o1. The average Bonchev–Trinajstić information content (AvgIpc) is 2.78. The largest absolute Gasteiger partial charge is 0.458 e. The van der Waals surface area contributed by atoms with Crippen LogP contribution in [0.5, 0.6) is 0 Å². The lowest BCUT2D eigenvalue weighted by atomic mass is 10.2. The summed E-state index contributed by atoms with van der Waals surface area (Å²) < 4.78 is 10.5. The Labute approximate surface area is 120 Å². The lowest BCUT2D eigenvalue weighted by Crippen LogP contribution is -2.22. The van der Waals surface area contributed by atoms with E-state index < -0.39 is 12.0 Å². The number of carbonyl (C=O) groups excluding carboxylic acids is 1. The minimum Gasteiger partial charge on any atom is -0.458 e. The lowest BCUT2D eigenvalue weighted by molar-refractivity contribution is -0.128. The van der Waals surface area contributed by atoms with Crippen molar-refractivity contribution in [1.82, 2.24) is 0 Å². The number of amides is 1. The van der Waals surface area contributed by atoms with Gasteiger partial charge in [-0.25, -0.2) is 0 Å². The molecule has 6 heteroatoms. The zero-order chi connectivity index (χ0) is 14.0. The predicted octanol–water partition coefficient (Wildman–Crippen LogP) is 3.43. The van der Waals surface area contributed by atoms with Crippen molar-refractivity contribution in [2.75, 3.05) is 7.11 Å². The van der Waals surface area contributed by atoms with E-state index in [0.29, 0.717) is 27.1 Å². The van der Waals surface area contributed by atoms with Crippen LogP contribution in [0.1, 0.15) is 11.9 Å². The number of halogens is 2. The number of nitrogens with two attached hydrogens (primary N) is 1. The maximum Gasteiger partial charge on any atom is 0.254 e. The van der Waals surface area contributed by atoms with Gasteiger partial charge in [-0.2, -0.15) is 0 Å². The third-order valence-electron chi connectivity index (χ3n) is 2.58. The first-order chi connectivity index (χ1) is 9.02. The van der Waals surface area contributed by atoms with Crippen LogP contribution in [0.25, 0.3) is 11.3 Å². The Morgan fingerprint density at radius 1 is 1.32 bits per heavy atom. The number of hydrogen-bond acceptors (Lipinski definition) is 3. The van der Waals surface area contributed by atoms with Crippen molar-refractivity contribution in [3.63, 3.8) is 0 Å². The Morgan fingerprint density at radius 2 is 2.05 bits per heavy atom. The molecule has 0 spiro atoms. The van der Waals surface area contributed by atoms with Crippen molar-refractivity contribution in [1.29, 1.82) is 0 Å². The standard InChI is InChI=1S/C13H11Cl2NO3/c1-18-12(13(16)17)11-5-4-10(19-11)8-3-2-7(14)6-9(8)15/h2-6,12H,1H3,(H2,16,17). The Balaban J connectivity index is 2.38. The van der Waals surface area contributed by atoms with E-state index in [9.17, 15) is 4.79 Å². The van der Waals surface area contributed by atoms with Gasteiger partial charge in [0.25, 0.3) is 5.91 Å². The van der Waals surface area contributed by atoms with Gasteiger partial charge in [0, 0.05) is 17.7 Å². The summed E-state index contributed by atoms with van der Waals surface area (Å²) in [7, 11) is 1.38. The quantitative estimate of drug-likeness (QED) is 0.940. The molecule has 1 aromatic carbocycles. The van der Waals surface area contributed by atoms with Gasteiger partial charge in [0.05, 0.1) is 5.02 Å². The van der Waals surface area contributed by atoms with Crippen LogP contribution in [0, 0.1) is 0 Å². The Hall–Kier alpha value is -1.49. The monoisotopic (exact) mass is 299 g/mol. The van der Waals surface area contributed by atoms with E-state index in [1.165, 1.54) is 7.11 Å². The molecule has 0 aliphatic rings. The number of methoxy groups -OCH3 is 1. The van der Waals surface area contributed by atoms with E-state index >= 15 is 0 Å². The molecule has 0 radical (unpaired) electrons. The molecule has 1 atom stereocenters. The van der Waals surface area contributed by atoms with Gasteiger partial charge in [0.2, 0.25) is 0 Å². The number of carbonyl (C=O) groups is 1. The number of primary amides is 1. The van der Waals surface area contributed by atoms with Crippen LogP contribution >= 0.6 is 23.2 Å². The molecule has 1 heterocycles. The van der Waals surface area contributed by atoms with Crippen molar-refractivity contribution in [2.24, 2.45) is 5.73 Å². The molecule has 4 nitrogen and oxygen atoms in total. The number of hydrogen-bond donors (Lipinski definition) is 1. The van der Waals surface area contributed by atoms with E-state index in [0.717, 1.165) is 0 Å². The minimum atomic E-state index is -0.917. The molecule has 0 aliphatic carbocycles. The molecule has 1 unspecified atom stereocenters. The summed E-state index contributed by atoms with van der Waals surface area (Å²) in [6.45, 7) is 0. The first-order valence-electron chi connectivity index (χ1n) is 5.40. The van der Waals surface area contributed by atoms with E-state index in [2.05, 4.69) is 0 Å². The second-order valence-corrected chi connectivity index (χ2v) is 4.69. The average molecular weight is 300 g/mol. The summed E-state index contributed by atoms with van der Waals surface area (Å²) >= 11 is 11.9. The van der Waals surface area contributed by atoms with Gasteiger partial charge in [0.15, 0.2) is 6.10 Å². The fourth-order valence-corrected chi connectivity index (χ4v) is 2.20. The minimum absolute atomic E-state index is 0.330. The van der Waals surface area contributed by atoms with Crippen LogP contribution in [0.3, 0.4) is 0 Å². The van der Waals surface area contributed by atoms with E-state index in [-0.39, 0.29) is 0 Å². The summed E-state index contributed by atoms with van der Waals surface area (Å²) in [5.74, 6) is 0.224. The first kappa shape index (κ1) is 13.9. The fourth-order valence-electron chi connectivity index (χ4n) is 1.70. The van der Waals surface area contributed by atoms with Crippen LogP contribution in [0.2, 0.25) is 10.0 Å². The molecule has 1 amide bonds. The van der Waals surface area contributed by atoms with Gasteiger partial charge in [0.1, 0.15) is 11.5 Å².